The molecule has 2 aromatic rings. The van der Waals surface area contributed by atoms with Gasteiger partial charge in [0.05, 0.1) is 16.1 Å². The van der Waals surface area contributed by atoms with Gasteiger partial charge in [0.15, 0.2) is 0 Å². The van der Waals surface area contributed by atoms with E-state index in [1.54, 1.807) is 11.0 Å². The van der Waals surface area contributed by atoms with Crippen molar-refractivity contribution in [2.24, 2.45) is 5.92 Å². The average molecular weight is 441 g/mol. The van der Waals surface area contributed by atoms with E-state index in [-0.39, 0.29) is 16.5 Å². The molecule has 0 saturated carbocycles. The quantitative estimate of drug-likeness (QED) is 0.702. The highest BCUT2D eigenvalue weighted by Crippen LogP contribution is 2.28. The van der Waals surface area contributed by atoms with E-state index in [1.807, 2.05) is 6.26 Å². The summed E-state index contributed by atoms with van der Waals surface area (Å²) in [6.45, 7) is 3.40. The van der Waals surface area contributed by atoms with Gasteiger partial charge in [-0.15, -0.1) is 11.8 Å². The molecular weight excluding hydrogens is 418 g/mol. The number of benzene rings is 2. The third kappa shape index (κ3) is 4.90. The lowest BCUT2D eigenvalue weighted by molar-refractivity contribution is 0.0693. The Hall–Kier alpha value is -2.13. The smallest absolute Gasteiger partial charge is 0.262 e. The van der Waals surface area contributed by atoms with Gasteiger partial charge in [0.2, 0.25) is 0 Å². The first-order valence-corrected chi connectivity index (χ1v) is 11.9. The van der Waals surface area contributed by atoms with Crippen LogP contribution in [0.4, 0.5) is 14.5 Å². The van der Waals surface area contributed by atoms with Crippen molar-refractivity contribution in [3.8, 4) is 0 Å². The van der Waals surface area contributed by atoms with Gasteiger partial charge in [-0.3, -0.25) is 9.52 Å². The van der Waals surface area contributed by atoms with Crippen LogP contribution in [0.25, 0.3) is 0 Å². The molecule has 1 heterocycles. The molecule has 0 spiro atoms. The van der Waals surface area contributed by atoms with E-state index >= 15 is 0 Å². The van der Waals surface area contributed by atoms with E-state index in [0.717, 1.165) is 25.0 Å². The van der Waals surface area contributed by atoms with Crippen LogP contribution in [0.3, 0.4) is 0 Å². The van der Waals surface area contributed by atoms with Crippen LogP contribution in [0.1, 0.15) is 30.1 Å². The lowest BCUT2D eigenvalue weighted by Crippen LogP contribution is -2.38. The summed E-state index contributed by atoms with van der Waals surface area (Å²) < 4.78 is 54.5. The van der Waals surface area contributed by atoms with Gasteiger partial charge < -0.3 is 4.90 Å². The first kappa shape index (κ1) is 21.6. The summed E-state index contributed by atoms with van der Waals surface area (Å²) in [4.78, 5) is 15.3. The number of halogens is 2. The molecule has 0 radical (unpaired) electrons. The Morgan fingerprint density at radius 3 is 2.45 bits per heavy atom. The van der Waals surface area contributed by atoms with Crippen molar-refractivity contribution in [1.82, 2.24) is 4.90 Å². The number of rotatable bonds is 5. The van der Waals surface area contributed by atoms with Crippen molar-refractivity contribution >= 4 is 33.4 Å². The van der Waals surface area contributed by atoms with E-state index < -0.39 is 21.7 Å². The van der Waals surface area contributed by atoms with Crippen LogP contribution in [-0.4, -0.2) is 38.6 Å². The predicted molar refractivity (Wildman–Crippen MR) is 110 cm³/mol. The highest BCUT2D eigenvalue weighted by atomic mass is 32.2. The number of thioether (sulfide) groups is 1. The first-order valence-electron chi connectivity index (χ1n) is 9.16. The maximum atomic E-state index is 13.9. The number of sulfonamides is 1. The standard InChI is InChI=1S/C20H22F2N2O3S2/c1-13-7-9-24(10-8-13)20(25)16-12-15(4-6-19(16)28-2)29(26,27)23-18-5-3-14(21)11-17(18)22/h3-6,11-13,23H,7-10H2,1-2H3. The van der Waals surface area contributed by atoms with Gasteiger partial charge in [0.25, 0.3) is 15.9 Å². The van der Waals surface area contributed by atoms with Crippen LogP contribution in [0.2, 0.25) is 0 Å². The minimum Gasteiger partial charge on any atom is -0.339 e. The van der Waals surface area contributed by atoms with E-state index in [0.29, 0.717) is 35.5 Å². The van der Waals surface area contributed by atoms with Crippen molar-refractivity contribution in [2.75, 3.05) is 24.1 Å². The summed E-state index contributed by atoms with van der Waals surface area (Å²) in [5.74, 6) is -1.49. The number of piperidine rings is 1. The molecule has 1 N–H and O–H groups in total. The monoisotopic (exact) mass is 440 g/mol. The Balaban J connectivity index is 1.91. The Labute approximate surface area is 173 Å². The number of likely N-dealkylation sites (tertiary alicyclic amines) is 1. The van der Waals surface area contributed by atoms with E-state index in [9.17, 15) is 22.0 Å². The summed E-state index contributed by atoms with van der Waals surface area (Å²) in [5.41, 5.74) is -0.0623. The Kier molecular flexibility index (Phi) is 6.48. The minimum absolute atomic E-state index is 0.159. The second-order valence-corrected chi connectivity index (χ2v) is 9.60. The maximum Gasteiger partial charge on any atom is 0.262 e. The largest absolute Gasteiger partial charge is 0.339 e. The molecule has 1 aliphatic rings. The fourth-order valence-corrected chi connectivity index (χ4v) is 4.84. The SMILES string of the molecule is CSc1ccc(S(=O)(=O)Nc2ccc(F)cc2F)cc1C(=O)N1CCC(C)CC1. The number of hydrogen-bond donors (Lipinski definition) is 1. The van der Waals surface area contributed by atoms with Crippen LogP contribution < -0.4 is 4.72 Å². The van der Waals surface area contributed by atoms with E-state index in [2.05, 4.69) is 11.6 Å². The normalized spacial score (nSPS) is 15.4. The zero-order valence-corrected chi connectivity index (χ0v) is 17.7. The number of carbonyl (C=O) groups is 1. The number of hydrogen-bond acceptors (Lipinski definition) is 4. The van der Waals surface area contributed by atoms with Crippen molar-refractivity contribution in [2.45, 2.75) is 29.6 Å². The molecule has 0 aliphatic carbocycles. The van der Waals surface area contributed by atoms with Gasteiger partial charge >= 0.3 is 0 Å². The summed E-state index contributed by atoms with van der Waals surface area (Å²) in [6.07, 6.45) is 3.62. The Morgan fingerprint density at radius 1 is 1.14 bits per heavy atom. The Bertz CT molecular complexity index is 1020. The fourth-order valence-electron chi connectivity index (χ4n) is 3.18. The van der Waals surface area contributed by atoms with Crippen LogP contribution in [0, 0.1) is 17.6 Å². The van der Waals surface area contributed by atoms with Gasteiger partial charge in [-0.25, -0.2) is 17.2 Å². The molecule has 5 nitrogen and oxygen atoms in total. The molecule has 0 aromatic heterocycles. The summed E-state index contributed by atoms with van der Waals surface area (Å²) in [6, 6.07) is 6.82. The number of anilines is 1. The maximum absolute atomic E-state index is 13.9. The highest BCUT2D eigenvalue weighted by Gasteiger charge is 2.25. The second-order valence-electron chi connectivity index (χ2n) is 7.07. The molecule has 29 heavy (non-hydrogen) atoms. The molecule has 156 valence electrons. The lowest BCUT2D eigenvalue weighted by Gasteiger charge is -2.30. The predicted octanol–water partition coefficient (Wildman–Crippen LogP) is 4.36. The zero-order chi connectivity index (χ0) is 21.2. The molecular formula is C20H22F2N2O3S2. The van der Waals surface area contributed by atoms with E-state index in [1.165, 1.54) is 23.9 Å². The Morgan fingerprint density at radius 2 is 1.83 bits per heavy atom. The number of nitrogens with zero attached hydrogens (tertiary/aromatic N) is 1. The van der Waals surface area contributed by atoms with Crippen molar-refractivity contribution in [3.05, 3.63) is 53.6 Å². The van der Waals surface area contributed by atoms with Gasteiger partial charge in [0, 0.05) is 24.1 Å². The average Bonchev–Trinajstić information content (AvgIpc) is 2.69. The third-order valence-corrected chi connectivity index (χ3v) is 7.12. The van der Waals surface area contributed by atoms with Crippen LogP contribution in [0.5, 0.6) is 0 Å². The molecule has 0 bridgehead atoms. The van der Waals surface area contributed by atoms with Gasteiger partial charge in [-0.2, -0.15) is 0 Å². The molecule has 1 fully saturated rings. The molecule has 3 rings (SSSR count). The second kappa shape index (κ2) is 8.71. The van der Waals surface area contributed by atoms with Gasteiger partial charge in [0.1, 0.15) is 11.6 Å². The number of amides is 1. The summed E-state index contributed by atoms with van der Waals surface area (Å²) in [7, 11) is -4.16. The minimum atomic E-state index is -4.16. The molecule has 0 atom stereocenters. The van der Waals surface area contributed by atoms with Gasteiger partial charge in [-0.05, 0) is 55.3 Å². The molecule has 1 amide bonds. The lowest BCUT2D eigenvalue weighted by atomic mass is 9.98. The molecule has 9 heteroatoms. The molecule has 0 unspecified atom stereocenters. The highest BCUT2D eigenvalue weighted by molar-refractivity contribution is 7.98. The third-order valence-electron chi connectivity index (χ3n) is 4.96. The number of carbonyl (C=O) groups excluding carboxylic acids is 1. The van der Waals surface area contributed by atoms with E-state index in [4.69, 9.17) is 0 Å². The summed E-state index contributed by atoms with van der Waals surface area (Å²) in [5, 5.41) is 0. The summed E-state index contributed by atoms with van der Waals surface area (Å²) >= 11 is 1.35. The van der Waals surface area contributed by atoms with Crippen molar-refractivity contribution < 1.29 is 22.0 Å². The van der Waals surface area contributed by atoms with Gasteiger partial charge in [-0.1, -0.05) is 6.92 Å². The van der Waals surface area contributed by atoms with Crippen LogP contribution >= 0.6 is 11.8 Å². The molecule has 2 aromatic carbocycles. The van der Waals surface area contributed by atoms with Crippen LogP contribution in [0.15, 0.2) is 46.2 Å². The van der Waals surface area contributed by atoms with Crippen LogP contribution in [-0.2, 0) is 10.0 Å². The number of nitrogens with one attached hydrogen (secondary N) is 1. The van der Waals surface area contributed by atoms with Crippen molar-refractivity contribution in [3.63, 3.8) is 0 Å². The first-order chi connectivity index (χ1) is 13.7. The molecule has 1 saturated heterocycles. The molecule has 1 aliphatic heterocycles. The topological polar surface area (TPSA) is 66.5 Å². The van der Waals surface area contributed by atoms with Crippen molar-refractivity contribution in [1.29, 1.82) is 0 Å². The fraction of sp³-hybridized carbons (Fsp3) is 0.350. The zero-order valence-electron chi connectivity index (χ0n) is 16.1.